The molecular weight excluding hydrogens is 114 g/mol. The molecule has 0 aromatic carbocycles. The zero-order valence-corrected chi connectivity index (χ0v) is 8.45. The molecule has 0 aliphatic heterocycles. The van der Waals surface area contributed by atoms with Crippen LogP contribution in [-0.2, 0) is 0 Å². The lowest BCUT2D eigenvalue weighted by Gasteiger charge is -2.14. The molecule has 0 spiro atoms. The molecule has 2 heteroatoms. The minimum absolute atomic E-state index is 1.16. The standard InChI is InChI=1S/C6H15NSi/c1-5(2)6(8)7(3)4/h1-4,8H3. The summed E-state index contributed by atoms with van der Waals surface area (Å²) in [5.41, 5.74) is 1.45. The van der Waals surface area contributed by atoms with E-state index >= 15 is 0 Å². The van der Waals surface area contributed by atoms with Crippen molar-refractivity contribution in [1.29, 1.82) is 0 Å². The van der Waals surface area contributed by atoms with Gasteiger partial charge in [-0.25, -0.2) is 0 Å². The highest BCUT2D eigenvalue weighted by atomic mass is 28.1. The molecule has 0 aromatic rings. The third-order valence-electron chi connectivity index (χ3n) is 1.39. The molecule has 0 N–H and O–H groups in total. The van der Waals surface area contributed by atoms with Crippen LogP contribution in [0.4, 0.5) is 0 Å². The molecule has 0 fully saturated rings. The number of hydrogen-bond donors (Lipinski definition) is 0. The maximum atomic E-state index is 2.18. The lowest BCUT2D eigenvalue weighted by molar-refractivity contribution is 0.540. The van der Waals surface area contributed by atoms with Crippen molar-refractivity contribution in [2.24, 2.45) is 0 Å². The van der Waals surface area contributed by atoms with E-state index in [1.165, 1.54) is 10.9 Å². The summed E-state index contributed by atoms with van der Waals surface area (Å²) in [6.07, 6.45) is 0. The third-order valence-corrected chi connectivity index (χ3v) is 3.29. The second-order valence-electron chi connectivity index (χ2n) is 2.48. The van der Waals surface area contributed by atoms with Crippen LogP contribution in [0.25, 0.3) is 0 Å². The fourth-order valence-corrected chi connectivity index (χ4v) is 0.447. The normalized spacial score (nSPS) is 9.00. The lowest BCUT2D eigenvalue weighted by Crippen LogP contribution is -2.11. The fraction of sp³-hybridized carbons (Fsp3) is 0.667. The molecule has 0 saturated carbocycles. The Balaban J connectivity index is 4.00. The van der Waals surface area contributed by atoms with E-state index in [-0.39, 0.29) is 0 Å². The van der Waals surface area contributed by atoms with Crippen molar-refractivity contribution in [2.45, 2.75) is 13.8 Å². The first kappa shape index (κ1) is 7.76. The van der Waals surface area contributed by atoms with Crippen molar-refractivity contribution in [3.8, 4) is 0 Å². The summed E-state index contributed by atoms with van der Waals surface area (Å²) in [7, 11) is 5.35. The molecule has 0 rings (SSSR count). The molecule has 0 aliphatic rings. The van der Waals surface area contributed by atoms with Crippen LogP contribution >= 0.6 is 0 Å². The molecule has 8 heavy (non-hydrogen) atoms. The van der Waals surface area contributed by atoms with Gasteiger partial charge in [0.25, 0.3) is 0 Å². The van der Waals surface area contributed by atoms with Crippen LogP contribution in [0.1, 0.15) is 13.8 Å². The largest absolute Gasteiger partial charge is 0.385 e. The first-order valence-electron chi connectivity index (χ1n) is 2.87. The molecule has 48 valence electrons. The van der Waals surface area contributed by atoms with Gasteiger partial charge < -0.3 is 4.90 Å². The van der Waals surface area contributed by atoms with Crippen LogP contribution in [0, 0.1) is 0 Å². The second kappa shape index (κ2) is 2.92. The van der Waals surface area contributed by atoms with Gasteiger partial charge in [-0.15, -0.1) is 0 Å². The maximum absolute atomic E-state index is 2.18. The summed E-state index contributed by atoms with van der Waals surface area (Å²) in [5, 5.41) is 1.49. The Bertz CT molecular complexity index is 101. The van der Waals surface area contributed by atoms with E-state index in [1.807, 2.05) is 0 Å². The van der Waals surface area contributed by atoms with Crippen molar-refractivity contribution >= 4 is 10.2 Å². The summed E-state index contributed by atoms with van der Waals surface area (Å²) in [6.45, 7) is 4.31. The molecular formula is C6H15NSi. The molecule has 0 aromatic heterocycles. The highest BCUT2D eigenvalue weighted by Gasteiger charge is 1.90. The number of nitrogens with zero attached hydrogens (tertiary/aromatic N) is 1. The average Bonchev–Trinajstić information content (AvgIpc) is 1.64. The van der Waals surface area contributed by atoms with Crippen molar-refractivity contribution in [1.82, 2.24) is 4.90 Å². The monoisotopic (exact) mass is 129 g/mol. The zero-order valence-electron chi connectivity index (χ0n) is 6.45. The second-order valence-corrected chi connectivity index (χ2v) is 3.43. The van der Waals surface area contributed by atoms with Gasteiger partial charge in [-0.2, -0.15) is 0 Å². The van der Waals surface area contributed by atoms with Crippen LogP contribution in [-0.4, -0.2) is 29.2 Å². The molecule has 0 radical (unpaired) electrons. The molecule has 0 amide bonds. The summed E-state index contributed by atoms with van der Waals surface area (Å²) in [5.74, 6) is 0. The molecule has 0 atom stereocenters. The van der Waals surface area contributed by atoms with Gasteiger partial charge in [0, 0.05) is 14.1 Å². The Morgan fingerprint density at radius 3 is 1.62 bits per heavy atom. The molecule has 0 aliphatic carbocycles. The van der Waals surface area contributed by atoms with Crippen LogP contribution < -0.4 is 0 Å². The van der Waals surface area contributed by atoms with Gasteiger partial charge in [0.05, 0.1) is 10.2 Å². The van der Waals surface area contributed by atoms with Gasteiger partial charge in [-0.1, -0.05) is 5.57 Å². The maximum Gasteiger partial charge on any atom is 0.0589 e. The zero-order chi connectivity index (χ0) is 6.73. The number of rotatable bonds is 1. The fourth-order valence-electron chi connectivity index (χ4n) is 0.447. The van der Waals surface area contributed by atoms with E-state index in [2.05, 4.69) is 32.8 Å². The quantitative estimate of drug-likeness (QED) is 0.456. The Labute approximate surface area is 54.8 Å². The minimum atomic E-state index is 1.16. The van der Waals surface area contributed by atoms with E-state index in [0.29, 0.717) is 0 Å². The Hall–Kier alpha value is -0.243. The van der Waals surface area contributed by atoms with E-state index in [9.17, 15) is 0 Å². The van der Waals surface area contributed by atoms with Gasteiger partial charge in [-0.3, -0.25) is 0 Å². The Morgan fingerprint density at radius 2 is 1.62 bits per heavy atom. The van der Waals surface area contributed by atoms with E-state index in [1.54, 1.807) is 0 Å². The molecule has 0 saturated heterocycles. The van der Waals surface area contributed by atoms with Gasteiger partial charge in [0.1, 0.15) is 0 Å². The van der Waals surface area contributed by atoms with E-state index < -0.39 is 0 Å². The molecule has 0 unspecified atom stereocenters. The van der Waals surface area contributed by atoms with Gasteiger partial charge in [0.15, 0.2) is 0 Å². The van der Waals surface area contributed by atoms with Gasteiger partial charge in [-0.05, 0) is 19.2 Å². The van der Waals surface area contributed by atoms with Crippen molar-refractivity contribution in [3.05, 3.63) is 10.9 Å². The molecule has 0 bridgehead atoms. The Morgan fingerprint density at radius 1 is 1.25 bits per heavy atom. The molecule has 1 nitrogen and oxygen atoms in total. The number of allylic oxidation sites excluding steroid dienone is 1. The van der Waals surface area contributed by atoms with Crippen molar-refractivity contribution in [3.63, 3.8) is 0 Å². The van der Waals surface area contributed by atoms with Crippen LogP contribution in [0.15, 0.2) is 10.9 Å². The minimum Gasteiger partial charge on any atom is -0.385 e. The number of hydrogen-bond acceptors (Lipinski definition) is 1. The summed E-state index contributed by atoms with van der Waals surface area (Å²) in [4.78, 5) is 2.18. The lowest BCUT2D eigenvalue weighted by atomic mass is 10.4. The molecule has 0 heterocycles. The van der Waals surface area contributed by atoms with Crippen LogP contribution in [0.3, 0.4) is 0 Å². The van der Waals surface area contributed by atoms with Gasteiger partial charge >= 0.3 is 0 Å². The smallest absolute Gasteiger partial charge is 0.0589 e. The SMILES string of the molecule is CC(C)=C([SiH3])N(C)C. The summed E-state index contributed by atoms with van der Waals surface area (Å²) in [6, 6.07) is 0. The predicted molar refractivity (Wildman–Crippen MR) is 42.0 cm³/mol. The van der Waals surface area contributed by atoms with E-state index in [4.69, 9.17) is 0 Å². The van der Waals surface area contributed by atoms with Crippen molar-refractivity contribution in [2.75, 3.05) is 14.1 Å². The van der Waals surface area contributed by atoms with E-state index in [0.717, 1.165) is 10.2 Å². The Kier molecular flexibility index (Phi) is 2.83. The topological polar surface area (TPSA) is 3.24 Å². The summed E-state index contributed by atoms with van der Waals surface area (Å²) >= 11 is 0. The average molecular weight is 129 g/mol. The highest BCUT2D eigenvalue weighted by Crippen LogP contribution is 1.98. The first-order valence-corrected chi connectivity index (χ1v) is 3.87. The first-order chi connectivity index (χ1) is 3.55. The third kappa shape index (κ3) is 2.16. The predicted octanol–water partition coefficient (Wildman–Crippen LogP) is 0.165. The summed E-state index contributed by atoms with van der Waals surface area (Å²) < 4.78 is 0. The van der Waals surface area contributed by atoms with Crippen LogP contribution in [0.2, 0.25) is 0 Å². The van der Waals surface area contributed by atoms with Crippen molar-refractivity contribution < 1.29 is 0 Å². The van der Waals surface area contributed by atoms with Gasteiger partial charge in [0.2, 0.25) is 0 Å². The highest BCUT2D eigenvalue weighted by molar-refractivity contribution is 6.21. The van der Waals surface area contributed by atoms with Crippen LogP contribution in [0.5, 0.6) is 0 Å².